The summed E-state index contributed by atoms with van der Waals surface area (Å²) >= 11 is 11.5. The van der Waals surface area contributed by atoms with Crippen molar-refractivity contribution in [3.8, 4) is 0 Å². The lowest BCUT2D eigenvalue weighted by Gasteiger charge is -2.09. The summed E-state index contributed by atoms with van der Waals surface area (Å²) in [5.74, 6) is -2.26. The van der Waals surface area contributed by atoms with E-state index in [0.29, 0.717) is 6.42 Å². The van der Waals surface area contributed by atoms with Crippen molar-refractivity contribution in [2.24, 2.45) is 0 Å². The Balaban J connectivity index is 2.87. The summed E-state index contributed by atoms with van der Waals surface area (Å²) in [4.78, 5) is 22.9. The summed E-state index contributed by atoms with van der Waals surface area (Å²) < 4.78 is 18.1. The van der Waals surface area contributed by atoms with Crippen LogP contribution in [0.2, 0.25) is 10.0 Å². The highest BCUT2D eigenvalue weighted by atomic mass is 35.5. The van der Waals surface area contributed by atoms with E-state index in [2.05, 4.69) is 4.74 Å². The number of hydrogen-bond acceptors (Lipinski definition) is 3. The molecule has 0 aliphatic carbocycles. The molecular weight excluding hydrogens is 282 g/mol. The first-order chi connectivity index (χ1) is 8.49. The minimum absolute atomic E-state index is 0.0653. The highest BCUT2D eigenvalue weighted by Gasteiger charge is 2.30. The largest absolute Gasteiger partial charge is 0.463 e. The van der Waals surface area contributed by atoms with Gasteiger partial charge in [-0.1, -0.05) is 36.2 Å². The number of ketones is 1. The molecule has 6 heteroatoms. The number of halogens is 3. The Labute approximate surface area is 114 Å². The first-order valence-electron chi connectivity index (χ1n) is 5.28. The summed E-state index contributed by atoms with van der Waals surface area (Å²) in [6.45, 7) is 1.83. The van der Waals surface area contributed by atoms with Crippen LogP contribution in [0, 0.1) is 0 Å². The van der Waals surface area contributed by atoms with Crippen molar-refractivity contribution < 1.29 is 18.7 Å². The van der Waals surface area contributed by atoms with Gasteiger partial charge < -0.3 is 4.74 Å². The third-order valence-electron chi connectivity index (χ3n) is 2.10. The van der Waals surface area contributed by atoms with Gasteiger partial charge in [0.25, 0.3) is 6.17 Å². The van der Waals surface area contributed by atoms with Gasteiger partial charge in [-0.3, -0.25) is 4.79 Å². The number of benzene rings is 1. The average molecular weight is 293 g/mol. The Kier molecular flexibility index (Phi) is 5.56. The molecule has 0 aliphatic rings. The number of Topliss-reactive ketones (excluding diaryl/α,β-unsaturated/α-hetero) is 1. The Bertz CT molecular complexity index is 463. The molecule has 0 radical (unpaired) electrons. The zero-order chi connectivity index (χ0) is 13.7. The van der Waals surface area contributed by atoms with Gasteiger partial charge in [0.1, 0.15) is 0 Å². The van der Waals surface area contributed by atoms with Gasteiger partial charge in [0.05, 0.1) is 16.7 Å². The Morgan fingerprint density at radius 2 is 2.06 bits per heavy atom. The van der Waals surface area contributed by atoms with Crippen LogP contribution in [0.1, 0.15) is 23.7 Å². The van der Waals surface area contributed by atoms with E-state index >= 15 is 0 Å². The van der Waals surface area contributed by atoms with Crippen molar-refractivity contribution in [1.29, 1.82) is 0 Å². The SMILES string of the molecule is CCCOC(=O)C(F)C(=O)c1cccc(Cl)c1Cl. The van der Waals surface area contributed by atoms with Crippen LogP contribution in [-0.4, -0.2) is 24.5 Å². The minimum Gasteiger partial charge on any atom is -0.463 e. The van der Waals surface area contributed by atoms with E-state index in [9.17, 15) is 14.0 Å². The lowest BCUT2D eigenvalue weighted by molar-refractivity contribution is -0.147. The first-order valence-corrected chi connectivity index (χ1v) is 6.03. The number of carbonyl (C=O) groups is 2. The Morgan fingerprint density at radius 3 is 2.67 bits per heavy atom. The standard InChI is InChI=1S/C12H11Cl2FO3/c1-2-6-18-12(17)10(15)11(16)7-4-3-5-8(13)9(7)14/h3-5,10H,2,6H2,1H3. The maximum absolute atomic E-state index is 13.6. The molecule has 1 aromatic carbocycles. The molecule has 0 aromatic heterocycles. The molecule has 1 unspecified atom stereocenters. The number of carbonyl (C=O) groups excluding carboxylic acids is 2. The molecule has 0 heterocycles. The van der Waals surface area contributed by atoms with Crippen LogP contribution >= 0.6 is 23.2 Å². The summed E-state index contributed by atoms with van der Waals surface area (Å²) in [5, 5.41) is 0.0479. The number of rotatable bonds is 5. The zero-order valence-electron chi connectivity index (χ0n) is 9.58. The number of ether oxygens (including phenoxy) is 1. The van der Waals surface area contributed by atoms with E-state index in [1.165, 1.54) is 18.2 Å². The molecule has 1 aromatic rings. The number of hydrogen-bond donors (Lipinski definition) is 0. The molecule has 18 heavy (non-hydrogen) atoms. The van der Waals surface area contributed by atoms with E-state index in [1.54, 1.807) is 6.92 Å². The van der Waals surface area contributed by atoms with Gasteiger partial charge in [0.15, 0.2) is 0 Å². The summed E-state index contributed by atoms with van der Waals surface area (Å²) in [6.07, 6.45) is -1.84. The highest BCUT2D eigenvalue weighted by Crippen LogP contribution is 2.27. The average Bonchev–Trinajstić information content (AvgIpc) is 2.37. The highest BCUT2D eigenvalue weighted by molar-refractivity contribution is 6.44. The van der Waals surface area contributed by atoms with Crippen LogP contribution < -0.4 is 0 Å². The normalized spacial score (nSPS) is 12.0. The van der Waals surface area contributed by atoms with Crippen molar-refractivity contribution in [3.63, 3.8) is 0 Å². The van der Waals surface area contributed by atoms with Gasteiger partial charge in [-0.05, 0) is 18.6 Å². The number of alkyl halides is 1. The predicted octanol–water partition coefficient (Wildman–Crippen LogP) is 3.47. The molecule has 1 rings (SSSR count). The predicted molar refractivity (Wildman–Crippen MR) is 66.9 cm³/mol. The monoisotopic (exact) mass is 292 g/mol. The summed E-state index contributed by atoms with van der Waals surface area (Å²) in [5.41, 5.74) is -0.134. The third-order valence-corrected chi connectivity index (χ3v) is 2.92. The van der Waals surface area contributed by atoms with Gasteiger partial charge in [0.2, 0.25) is 5.78 Å². The lowest BCUT2D eigenvalue weighted by Crippen LogP contribution is -2.28. The van der Waals surface area contributed by atoms with Gasteiger partial charge in [-0.25, -0.2) is 9.18 Å². The second kappa shape index (κ2) is 6.71. The molecule has 0 fully saturated rings. The van der Waals surface area contributed by atoms with E-state index in [-0.39, 0.29) is 22.2 Å². The van der Waals surface area contributed by atoms with E-state index in [4.69, 9.17) is 23.2 Å². The molecular formula is C12H11Cl2FO3. The van der Waals surface area contributed by atoms with Crippen molar-refractivity contribution in [2.45, 2.75) is 19.5 Å². The maximum Gasteiger partial charge on any atom is 0.349 e. The first kappa shape index (κ1) is 14.9. The lowest BCUT2D eigenvalue weighted by atomic mass is 10.1. The molecule has 0 bridgehead atoms. The van der Waals surface area contributed by atoms with Gasteiger partial charge >= 0.3 is 5.97 Å². The maximum atomic E-state index is 13.6. The minimum atomic E-state index is -2.38. The van der Waals surface area contributed by atoms with E-state index in [0.717, 1.165) is 0 Å². The van der Waals surface area contributed by atoms with Crippen LogP contribution in [-0.2, 0) is 9.53 Å². The second-order valence-corrected chi connectivity index (χ2v) is 4.28. The zero-order valence-corrected chi connectivity index (χ0v) is 11.1. The Morgan fingerprint density at radius 1 is 1.39 bits per heavy atom. The van der Waals surface area contributed by atoms with Crippen molar-refractivity contribution in [1.82, 2.24) is 0 Å². The van der Waals surface area contributed by atoms with Crippen LogP contribution in [0.3, 0.4) is 0 Å². The summed E-state index contributed by atoms with van der Waals surface area (Å²) in [6, 6.07) is 4.21. The van der Waals surface area contributed by atoms with Crippen LogP contribution in [0.25, 0.3) is 0 Å². The number of esters is 1. The molecule has 0 spiro atoms. The molecule has 98 valence electrons. The molecule has 0 amide bonds. The molecule has 0 saturated heterocycles. The van der Waals surface area contributed by atoms with Crippen LogP contribution in [0.4, 0.5) is 4.39 Å². The Hall–Kier alpha value is -1.13. The van der Waals surface area contributed by atoms with E-state index in [1.807, 2.05) is 0 Å². The quantitative estimate of drug-likeness (QED) is 0.474. The molecule has 1 atom stereocenters. The van der Waals surface area contributed by atoms with Gasteiger partial charge in [0, 0.05) is 5.56 Å². The fourth-order valence-corrected chi connectivity index (χ4v) is 1.61. The molecule has 0 saturated carbocycles. The molecule has 0 N–H and O–H groups in total. The van der Waals surface area contributed by atoms with E-state index < -0.39 is 17.9 Å². The smallest absolute Gasteiger partial charge is 0.349 e. The summed E-state index contributed by atoms with van der Waals surface area (Å²) in [7, 11) is 0. The van der Waals surface area contributed by atoms with Crippen LogP contribution in [0.5, 0.6) is 0 Å². The second-order valence-electron chi connectivity index (χ2n) is 3.50. The van der Waals surface area contributed by atoms with Gasteiger partial charge in [-0.2, -0.15) is 0 Å². The van der Waals surface area contributed by atoms with Crippen LogP contribution in [0.15, 0.2) is 18.2 Å². The topological polar surface area (TPSA) is 43.4 Å². The van der Waals surface area contributed by atoms with Crippen molar-refractivity contribution in [3.05, 3.63) is 33.8 Å². The fourth-order valence-electron chi connectivity index (χ4n) is 1.21. The van der Waals surface area contributed by atoms with Gasteiger partial charge in [-0.15, -0.1) is 0 Å². The molecule has 0 aliphatic heterocycles. The molecule has 3 nitrogen and oxygen atoms in total. The van der Waals surface area contributed by atoms with Crippen molar-refractivity contribution >= 4 is 35.0 Å². The third kappa shape index (κ3) is 3.43. The van der Waals surface area contributed by atoms with Crippen molar-refractivity contribution in [2.75, 3.05) is 6.61 Å². The fraction of sp³-hybridized carbons (Fsp3) is 0.333.